The fourth-order valence-electron chi connectivity index (χ4n) is 4.11. The van der Waals surface area contributed by atoms with Gasteiger partial charge >= 0.3 is 0 Å². The molecule has 0 bridgehead atoms. The Kier molecular flexibility index (Phi) is 6.79. The van der Waals surface area contributed by atoms with Gasteiger partial charge in [-0.25, -0.2) is 8.42 Å². The minimum absolute atomic E-state index is 0.0324. The van der Waals surface area contributed by atoms with Crippen molar-refractivity contribution in [3.63, 3.8) is 0 Å². The van der Waals surface area contributed by atoms with E-state index in [0.717, 1.165) is 11.3 Å². The third kappa shape index (κ3) is 5.68. The molecule has 2 atom stereocenters. The Bertz CT molecular complexity index is 1310. The molecule has 0 aromatic heterocycles. The second-order valence-electron chi connectivity index (χ2n) is 8.33. The number of para-hydroxylation sites is 1. The zero-order chi connectivity index (χ0) is 24.3. The van der Waals surface area contributed by atoms with Crippen molar-refractivity contribution in [3.8, 4) is 11.5 Å². The van der Waals surface area contributed by atoms with E-state index in [9.17, 15) is 13.2 Å². The molecular formula is C26H24N2O5S2. The molecule has 0 unspecified atom stereocenters. The Balaban J connectivity index is 1.32. The molecular weight excluding hydrogens is 484 g/mol. The molecule has 7 nitrogen and oxygen atoms in total. The summed E-state index contributed by atoms with van der Waals surface area (Å²) in [5.74, 6) is 0.971. The average Bonchev–Trinajstić information content (AvgIpc) is 3.33. The molecule has 5 rings (SSSR count). The molecule has 0 spiro atoms. The molecule has 2 heterocycles. The summed E-state index contributed by atoms with van der Waals surface area (Å²) in [6.07, 6.45) is 0. The van der Waals surface area contributed by atoms with Crippen LogP contribution in [0.25, 0.3) is 0 Å². The van der Waals surface area contributed by atoms with Crippen LogP contribution in [-0.2, 0) is 21.2 Å². The molecule has 1 amide bonds. The molecule has 3 aromatic carbocycles. The van der Waals surface area contributed by atoms with Gasteiger partial charge in [-0.3, -0.25) is 4.79 Å². The number of hydrogen-bond donors (Lipinski definition) is 0. The number of carbonyl (C=O) groups is 1. The van der Waals surface area contributed by atoms with Crippen LogP contribution >= 0.6 is 11.8 Å². The number of amides is 1. The van der Waals surface area contributed by atoms with Crippen molar-refractivity contribution in [2.75, 3.05) is 23.0 Å². The molecule has 2 aliphatic heterocycles. The minimum atomic E-state index is -3.14. The van der Waals surface area contributed by atoms with Gasteiger partial charge < -0.3 is 14.4 Å². The van der Waals surface area contributed by atoms with Crippen molar-refractivity contribution in [2.24, 2.45) is 4.99 Å². The fourth-order valence-corrected chi connectivity index (χ4v) is 8.04. The van der Waals surface area contributed by atoms with Crippen molar-refractivity contribution in [1.82, 2.24) is 0 Å². The van der Waals surface area contributed by atoms with Gasteiger partial charge in [0.2, 0.25) is 0 Å². The van der Waals surface area contributed by atoms with Crippen molar-refractivity contribution in [2.45, 2.75) is 17.9 Å². The summed E-state index contributed by atoms with van der Waals surface area (Å²) in [6, 6.07) is 26.1. The second-order valence-corrected chi connectivity index (χ2v) is 11.7. The number of anilines is 1. The van der Waals surface area contributed by atoms with Crippen LogP contribution in [0.2, 0.25) is 0 Å². The molecule has 2 aliphatic rings. The van der Waals surface area contributed by atoms with E-state index < -0.39 is 15.7 Å². The number of amidine groups is 1. The Labute approximate surface area is 208 Å². The number of sulfone groups is 1. The molecule has 3 aromatic rings. The maximum atomic E-state index is 12.6. The molecule has 180 valence electrons. The summed E-state index contributed by atoms with van der Waals surface area (Å²) in [4.78, 5) is 18.7. The van der Waals surface area contributed by atoms with Crippen LogP contribution in [-0.4, -0.2) is 48.9 Å². The lowest BCUT2D eigenvalue weighted by molar-refractivity contribution is -0.119. The van der Waals surface area contributed by atoms with Gasteiger partial charge in [0, 0.05) is 10.9 Å². The molecule has 0 saturated carbocycles. The number of fused-ring (bicyclic) bond motifs is 1. The topological polar surface area (TPSA) is 85.3 Å². The van der Waals surface area contributed by atoms with Crippen LogP contribution in [0, 0.1) is 0 Å². The number of nitrogens with zero attached hydrogens (tertiary/aromatic N) is 2. The number of carbonyl (C=O) groups excluding carboxylic acids is 1. The van der Waals surface area contributed by atoms with Gasteiger partial charge in [0.15, 0.2) is 21.6 Å². The van der Waals surface area contributed by atoms with Crippen molar-refractivity contribution < 1.29 is 22.7 Å². The molecule has 35 heavy (non-hydrogen) atoms. The molecule has 0 radical (unpaired) electrons. The SMILES string of the molecule is O=C(COc1ccccc1)N=C1S[C@@H]2CS(=O)(=O)C[C@@H]2N1c1ccc(OCc2ccccc2)cc1. The molecule has 2 fully saturated rings. The maximum Gasteiger partial charge on any atom is 0.285 e. The van der Waals surface area contributed by atoms with Crippen LogP contribution in [0.3, 0.4) is 0 Å². The summed E-state index contributed by atoms with van der Waals surface area (Å²) in [5, 5.41) is 0.324. The van der Waals surface area contributed by atoms with Gasteiger partial charge in [-0.1, -0.05) is 60.3 Å². The summed E-state index contributed by atoms with van der Waals surface area (Å²) in [6.45, 7) is 0.257. The lowest BCUT2D eigenvalue weighted by atomic mass is 10.2. The number of hydrogen-bond acceptors (Lipinski definition) is 6. The normalized spacial score (nSPS) is 21.6. The number of rotatable bonds is 7. The first-order valence-corrected chi connectivity index (χ1v) is 13.9. The highest BCUT2D eigenvalue weighted by Gasteiger charge is 2.49. The lowest BCUT2D eigenvalue weighted by Crippen LogP contribution is -2.37. The summed E-state index contributed by atoms with van der Waals surface area (Å²) < 4.78 is 36.0. The third-order valence-corrected chi connectivity index (χ3v) is 8.97. The molecule has 0 aliphatic carbocycles. The molecule has 0 N–H and O–H groups in total. The predicted octanol–water partition coefficient (Wildman–Crippen LogP) is 3.95. The Morgan fingerprint density at radius 3 is 2.26 bits per heavy atom. The quantitative estimate of drug-likeness (QED) is 0.478. The van der Waals surface area contributed by atoms with Gasteiger partial charge in [0.1, 0.15) is 18.1 Å². The first-order valence-electron chi connectivity index (χ1n) is 11.2. The standard InChI is InChI=1S/C26H24N2O5S2/c29-25(16-33-21-9-5-2-6-10-21)27-26-28(23-17-35(30,31)18-24(23)34-26)20-11-13-22(14-12-20)32-15-19-7-3-1-4-8-19/h1-14,23-24H,15-18H2/t23-,24+/m0/s1. The molecule has 2 saturated heterocycles. The Morgan fingerprint density at radius 2 is 1.54 bits per heavy atom. The smallest absolute Gasteiger partial charge is 0.285 e. The van der Waals surface area contributed by atoms with Crippen LogP contribution in [0.15, 0.2) is 89.9 Å². The minimum Gasteiger partial charge on any atom is -0.489 e. The predicted molar refractivity (Wildman–Crippen MR) is 138 cm³/mol. The fraction of sp³-hybridized carbons (Fsp3) is 0.231. The average molecular weight is 509 g/mol. The van der Waals surface area contributed by atoms with E-state index in [-0.39, 0.29) is 29.4 Å². The van der Waals surface area contributed by atoms with Crippen LogP contribution in [0.5, 0.6) is 11.5 Å². The summed E-state index contributed by atoms with van der Waals surface area (Å²) >= 11 is 1.34. The van der Waals surface area contributed by atoms with E-state index in [1.165, 1.54) is 11.8 Å². The van der Waals surface area contributed by atoms with Crippen LogP contribution in [0.1, 0.15) is 5.56 Å². The summed E-state index contributed by atoms with van der Waals surface area (Å²) in [7, 11) is -3.14. The van der Waals surface area contributed by atoms with E-state index in [0.29, 0.717) is 23.3 Å². The largest absolute Gasteiger partial charge is 0.489 e. The van der Waals surface area contributed by atoms with Crippen LogP contribution < -0.4 is 14.4 Å². The van der Waals surface area contributed by atoms with Crippen molar-refractivity contribution in [3.05, 3.63) is 90.5 Å². The van der Waals surface area contributed by atoms with Crippen molar-refractivity contribution in [1.29, 1.82) is 0 Å². The van der Waals surface area contributed by atoms with Gasteiger partial charge in [0.25, 0.3) is 5.91 Å². The van der Waals surface area contributed by atoms with E-state index in [1.54, 1.807) is 12.1 Å². The maximum absolute atomic E-state index is 12.6. The van der Waals surface area contributed by atoms with Gasteiger partial charge in [-0.05, 0) is 42.0 Å². The highest BCUT2D eigenvalue weighted by molar-refractivity contribution is 8.16. The molecule has 9 heteroatoms. The summed E-state index contributed by atoms with van der Waals surface area (Å²) in [5.41, 5.74) is 1.84. The second kappa shape index (κ2) is 10.1. The first kappa shape index (κ1) is 23.4. The van der Waals surface area contributed by atoms with Gasteiger partial charge in [-0.2, -0.15) is 4.99 Å². The van der Waals surface area contributed by atoms with E-state index in [1.807, 2.05) is 77.7 Å². The van der Waals surface area contributed by atoms with Gasteiger partial charge in [0.05, 0.1) is 17.5 Å². The monoisotopic (exact) mass is 508 g/mol. The van der Waals surface area contributed by atoms with Crippen LogP contribution in [0.4, 0.5) is 5.69 Å². The Morgan fingerprint density at radius 1 is 0.886 bits per heavy atom. The zero-order valence-electron chi connectivity index (χ0n) is 18.8. The number of aliphatic imine (C=N–C) groups is 1. The van der Waals surface area contributed by atoms with E-state index in [2.05, 4.69) is 4.99 Å². The van der Waals surface area contributed by atoms with E-state index in [4.69, 9.17) is 9.47 Å². The number of benzene rings is 3. The lowest BCUT2D eigenvalue weighted by Gasteiger charge is -2.24. The highest BCUT2D eigenvalue weighted by Crippen LogP contribution is 2.41. The first-order chi connectivity index (χ1) is 17.0. The van der Waals surface area contributed by atoms with E-state index >= 15 is 0 Å². The van der Waals surface area contributed by atoms with Gasteiger partial charge in [-0.15, -0.1) is 0 Å². The highest BCUT2D eigenvalue weighted by atomic mass is 32.2. The Hall–Kier alpha value is -3.30. The van der Waals surface area contributed by atoms with Crippen molar-refractivity contribution >= 4 is 38.4 Å². The zero-order valence-corrected chi connectivity index (χ0v) is 20.5. The third-order valence-electron chi connectivity index (χ3n) is 5.76. The number of thioether (sulfide) groups is 1. The number of ether oxygens (including phenoxy) is 2.